The molecule has 0 unspecified atom stereocenters. The van der Waals surface area contributed by atoms with Crippen molar-refractivity contribution in [2.75, 3.05) is 5.32 Å². The Kier molecular flexibility index (Phi) is 4.64. The molecular weight excluding hydrogens is 340 g/mol. The van der Waals surface area contributed by atoms with E-state index in [0.29, 0.717) is 11.4 Å². The standard InChI is InChI=1S/C14H13BrN2O4/c1-8-2-3-9(15)6-11(8)17-14(20)16-7-10-4-5-12(21-10)13(18)19/h2-6H,7H2,1H3,(H,18,19)(H2,16,17,20). The molecule has 0 spiro atoms. The van der Waals surface area contributed by atoms with Crippen LogP contribution in [0.5, 0.6) is 0 Å². The van der Waals surface area contributed by atoms with Gasteiger partial charge in [-0.1, -0.05) is 22.0 Å². The summed E-state index contributed by atoms with van der Waals surface area (Å²) in [5.41, 5.74) is 1.62. The molecule has 2 rings (SSSR count). The topological polar surface area (TPSA) is 91.6 Å². The highest BCUT2D eigenvalue weighted by Crippen LogP contribution is 2.20. The van der Waals surface area contributed by atoms with Crippen LogP contribution in [0.4, 0.5) is 10.5 Å². The second-order valence-electron chi connectivity index (χ2n) is 4.34. The Hall–Kier alpha value is -2.28. The molecule has 3 N–H and O–H groups in total. The van der Waals surface area contributed by atoms with Crippen molar-refractivity contribution in [2.45, 2.75) is 13.5 Å². The number of anilines is 1. The van der Waals surface area contributed by atoms with Crippen LogP contribution in [-0.4, -0.2) is 17.1 Å². The minimum Gasteiger partial charge on any atom is -0.475 e. The highest BCUT2D eigenvalue weighted by Gasteiger charge is 2.10. The van der Waals surface area contributed by atoms with Gasteiger partial charge >= 0.3 is 12.0 Å². The monoisotopic (exact) mass is 352 g/mol. The molecular formula is C14H13BrN2O4. The van der Waals surface area contributed by atoms with E-state index < -0.39 is 12.0 Å². The fourth-order valence-electron chi connectivity index (χ4n) is 1.65. The number of carboxylic acid groups (broad SMARTS) is 1. The summed E-state index contributed by atoms with van der Waals surface area (Å²) in [5.74, 6) is -0.931. The van der Waals surface area contributed by atoms with E-state index in [1.54, 1.807) is 6.07 Å². The van der Waals surface area contributed by atoms with Gasteiger partial charge in [0.05, 0.1) is 6.54 Å². The van der Waals surface area contributed by atoms with Crippen molar-refractivity contribution in [3.63, 3.8) is 0 Å². The Morgan fingerprint density at radius 3 is 2.71 bits per heavy atom. The molecule has 6 nitrogen and oxygen atoms in total. The number of aromatic carboxylic acids is 1. The number of hydrogen-bond acceptors (Lipinski definition) is 3. The second kappa shape index (κ2) is 6.45. The van der Waals surface area contributed by atoms with Crippen molar-refractivity contribution in [2.24, 2.45) is 0 Å². The summed E-state index contributed by atoms with van der Waals surface area (Å²) in [6.45, 7) is 1.99. The molecule has 0 aliphatic carbocycles. The fraction of sp³-hybridized carbons (Fsp3) is 0.143. The van der Waals surface area contributed by atoms with Gasteiger partial charge in [0, 0.05) is 10.2 Å². The molecule has 0 saturated heterocycles. The number of carboxylic acids is 1. The third-order valence-corrected chi connectivity index (χ3v) is 3.24. The molecule has 0 aliphatic heterocycles. The first kappa shape index (κ1) is 15.1. The number of nitrogens with one attached hydrogen (secondary N) is 2. The van der Waals surface area contributed by atoms with E-state index in [1.807, 2.05) is 19.1 Å². The predicted molar refractivity (Wildman–Crippen MR) is 80.4 cm³/mol. The second-order valence-corrected chi connectivity index (χ2v) is 5.25. The van der Waals surface area contributed by atoms with Crippen molar-refractivity contribution in [3.05, 3.63) is 51.9 Å². The summed E-state index contributed by atoms with van der Waals surface area (Å²) in [7, 11) is 0. The molecule has 0 aliphatic rings. The first-order valence-electron chi connectivity index (χ1n) is 6.08. The summed E-state index contributed by atoms with van der Waals surface area (Å²) >= 11 is 3.34. The lowest BCUT2D eigenvalue weighted by atomic mass is 10.2. The Labute approximate surface area is 129 Å². The van der Waals surface area contributed by atoms with Crippen molar-refractivity contribution in [1.29, 1.82) is 0 Å². The van der Waals surface area contributed by atoms with E-state index in [4.69, 9.17) is 9.52 Å². The van der Waals surface area contributed by atoms with E-state index >= 15 is 0 Å². The first-order valence-corrected chi connectivity index (χ1v) is 6.88. The quantitative estimate of drug-likeness (QED) is 0.786. The van der Waals surface area contributed by atoms with Gasteiger partial charge in [-0.25, -0.2) is 9.59 Å². The van der Waals surface area contributed by atoms with Gasteiger partial charge in [-0.3, -0.25) is 0 Å². The van der Waals surface area contributed by atoms with Crippen LogP contribution in [0.2, 0.25) is 0 Å². The summed E-state index contributed by atoms with van der Waals surface area (Å²) in [4.78, 5) is 22.5. The number of benzene rings is 1. The van der Waals surface area contributed by atoms with Crippen LogP contribution in [0, 0.1) is 6.92 Å². The van der Waals surface area contributed by atoms with Crippen LogP contribution in [0.1, 0.15) is 21.9 Å². The Morgan fingerprint density at radius 2 is 2.05 bits per heavy atom. The number of halogens is 1. The molecule has 1 aromatic heterocycles. The van der Waals surface area contributed by atoms with Crippen LogP contribution in [0.3, 0.4) is 0 Å². The third-order valence-electron chi connectivity index (χ3n) is 2.74. The van der Waals surface area contributed by atoms with Crippen LogP contribution in [-0.2, 0) is 6.54 Å². The van der Waals surface area contributed by atoms with Crippen molar-refractivity contribution >= 4 is 33.6 Å². The number of furan rings is 1. The highest BCUT2D eigenvalue weighted by atomic mass is 79.9. The van der Waals surface area contributed by atoms with Gasteiger partial charge in [-0.2, -0.15) is 0 Å². The molecule has 0 saturated carbocycles. The summed E-state index contributed by atoms with van der Waals surface area (Å²) in [6.07, 6.45) is 0. The Bertz CT molecular complexity index is 681. The normalized spacial score (nSPS) is 10.2. The van der Waals surface area contributed by atoms with Crippen LogP contribution >= 0.6 is 15.9 Å². The third kappa shape index (κ3) is 4.09. The molecule has 0 fully saturated rings. The van der Waals surface area contributed by atoms with Crippen LogP contribution in [0.25, 0.3) is 0 Å². The minimum absolute atomic E-state index is 0.103. The van der Waals surface area contributed by atoms with E-state index in [9.17, 15) is 9.59 Å². The Balaban J connectivity index is 1.92. The lowest BCUT2D eigenvalue weighted by Crippen LogP contribution is -2.28. The molecule has 0 bridgehead atoms. The van der Waals surface area contributed by atoms with Crippen molar-refractivity contribution < 1.29 is 19.1 Å². The molecule has 21 heavy (non-hydrogen) atoms. The van der Waals surface area contributed by atoms with Crippen LogP contribution < -0.4 is 10.6 Å². The minimum atomic E-state index is -1.14. The zero-order valence-electron chi connectivity index (χ0n) is 11.1. The average Bonchev–Trinajstić information content (AvgIpc) is 2.90. The summed E-state index contributed by atoms with van der Waals surface area (Å²) in [5, 5.41) is 14.0. The van der Waals surface area contributed by atoms with Gasteiger partial charge < -0.3 is 20.2 Å². The molecule has 2 amide bonds. The smallest absolute Gasteiger partial charge is 0.371 e. The molecule has 0 radical (unpaired) electrons. The molecule has 0 atom stereocenters. The summed E-state index contributed by atoms with van der Waals surface area (Å²) < 4.78 is 5.90. The predicted octanol–water partition coefficient (Wildman–Crippen LogP) is 3.37. The van der Waals surface area contributed by atoms with Gasteiger partial charge in [0.15, 0.2) is 0 Å². The molecule has 1 heterocycles. The average molecular weight is 353 g/mol. The number of carbonyl (C=O) groups excluding carboxylic acids is 1. The number of hydrogen-bond donors (Lipinski definition) is 3. The van der Waals surface area contributed by atoms with E-state index in [0.717, 1.165) is 10.0 Å². The van der Waals surface area contributed by atoms with Gasteiger partial charge in [-0.05, 0) is 36.8 Å². The maximum absolute atomic E-state index is 11.8. The van der Waals surface area contributed by atoms with E-state index in [-0.39, 0.29) is 12.3 Å². The number of carbonyl (C=O) groups is 2. The van der Waals surface area contributed by atoms with E-state index in [1.165, 1.54) is 12.1 Å². The number of aryl methyl sites for hydroxylation is 1. The number of rotatable bonds is 4. The zero-order chi connectivity index (χ0) is 15.4. The molecule has 110 valence electrons. The first-order chi connectivity index (χ1) is 9.95. The Morgan fingerprint density at radius 1 is 1.29 bits per heavy atom. The van der Waals surface area contributed by atoms with Crippen LogP contribution in [0.15, 0.2) is 39.2 Å². The largest absolute Gasteiger partial charge is 0.475 e. The van der Waals surface area contributed by atoms with Gasteiger partial charge in [0.2, 0.25) is 5.76 Å². The molecule has 2 aromatic rings. The molecule has 1 aromatic carbocycles. The highest BCUT2D eigenvalue weighted by molar-refractivity contribution is 9.10. The van der Waals surface area contributed by atoms with Crippen molar-refractivity contribution in [3.8, 4) is 0 Å². The van der Waals surface area contributed by atoms with Gasteiger partial charge in [0.25, 0.3) is 0 Å². The lowest BCUT2D eigenvalue weighted by molar-refractivity contribution is 0.0660. The lowest BCUT2D eigenvalue weighted by Gasteiger charge is -2.09. The fourth-order valence-corrected chi connectivity index (χ4v) is 2.01. The van der Waals surface area contributed by atoms with Crippen molar-refractivity contribution in [1.82, 2.24) is 5.32 Å². The maximum Gasteiger partial charge on any atom is 0.371 e. The maximum atomic E-state index is 11.8. The van der Waals surface area contributed by atoms with Gasteiger partial charge in [0.1, 0.15) is 5.76 Å². The number of amides is 2. The van der Waals surface area contributed by atoms with E-state index in [2.05, 4.69) is 26.6 Å². The molecule has 7 heteroatoms. The van der Waals surface area contributed by atoms with Gasteiger partial charge in [-0.15, -0.1) is 0 Å². The number of urea groups is 1. The summed E-state index contributed by atoms with van der Waals surface area (Å²) in [6, 6.07) is 8.01. The SMILES string of the molecule is Cc1ccc(Br)cc1NC(=O)NCc1ccc(C(=O)O)o1. The zero-order valence-corrected chi connectivity index (χ0v) is 12.7.